The van der Waals surface area contributed by atoms with Crippen LogP contribution in [0.3, 0.4) is 0 Å². The van der Waals surface area contributed by atoms with E-state index in [4.69, 9.17) is 10.8 Å². The first kappa shape index (κ1) is 11.2. The minimum absolute atomic E-state index is 0.292. The van der Waals surface area contributed by atoms with E-state index < -0.39 is 6.16 Å². The second-order valence-corrected chi connectivity index (χ2v) is 2.97. The second kappa shape index (κ2) is 6.91. The van der Waals surface area contributed by atoms with Gasteiger partial charge >= 0.3 is 6.16 Å². The van der Waals surface area contributed by atoms with Crippen LogP contribution in [0.5, 0.6) is 0 Å². The first-order valence-corrected chi connectivity index (χ1v) is 4.22. The molecule has 0 amide bonds. The van der Waals surface area contributed by atoms with Gasteiger partial charge in [-0.2, -0.15) is 0 Å². The summed E-state index contributed by atoms with van der Waals surface area (Å²) < 4.78 is 4.42. The van der Waals surface area contributed by atoms with Gasteiger partial charge in [-0.05, 0) is 25.3 Å². The van der Waals surface area contributed by atoms with Gasteiger partial charge in [0.1, 0.15) is 0 Å². The van der Waals surface area contributed by atoms with Gasteiger partial charge in [0.2, 0.25) is 0 Å². The molecule has 0 saturated carbocycles. The van der Waals surface area contributed by atoms with E-state index in [0.717, 1.165) is 19.3 Å². The zero-order valence-corrected chi connectivity index (χ0v) is 7.45. The SMILES string of the molecule is CC(CCCCN)COC(=O)O. The molecule has 0 bridgehead atoms. The van der Waals surface area contributed by atoms with Crippen LogP contribution in [0.4, 0.5) is 4.79 Å². The van der Waals surface area contributed by atoms with Crippen LogP contribution in [0.1, 0.15) is 26.2 Å². The van der Waals surface area contributed by atoms with Crippen molar-refractivity contribution in [1.82, 2.24) is 0 Å². The van der Waals surface area contributed by atoms with Crippen molar-refractivity contribution >= 4 is 6.16 Å². The average molecular weight is 175 g/mol. The smallest absolute Gasteiger partial charge is 0.450 e. The first-order chi connectivity index (χ1) is 5.66. The lowest BCUT2D eigenvalue weighted by Gasteiger charge is -2.09. The maximum Gasteiger partial charge on any atom is 0.505 e. The molecule has 0 aromatic carbocycles. The van der Waals surface area contributed by atoms with Gasteiger partial charge in [0.15, 0.2) is 0 Å². The number of rotatable bonds is 6. The lowest BCUT2D eigenvalue weighted by molar-refractivity contribution is 0.0777. The van der Waals surface area contributed by atoms with Gasteiger partial charge in [0.05, 0.1) is 6.61 Å². The molecule has 0 fully saturated rings. The fourth-order valence-corrected chi connectivity index (χ4v) is 0.934. The van der Waals surface area contributed by atoms with Crippen molar-refractivity contribution in [3.8, 4) is 0 Å². The van der Waals surface area contributed by atoms with Crippen LogP contribution >= 0.6 is 0 Å². The fraction of sp³-hybridized carbons (Fsp3) is 0.875. The van der Waals surface area contributed by atoms with Crippen molar-refractivity contribution in [3.05, 3.63) is 0 Å². The third-order valence-electron chi connectivity index (χ3n) is 1.64. The molecule has 3 N–H and O–H groups in total. The zero-order chi connectivity index (χ0) is 9.40. The van der Waals surface area contributed by atoms with E-state index >= 15 is 0 Å². The molecular weight excluding hydrogens is 158 g/mol. The minimum Gasteiger partial charge on any atom is -0.450 e. The molecule has 4 nitrogen and oxygen atoms in total. The van der Waals surface area contributed by atoms with E-state index in [1.54, 1.807) is 0 Å². The first-order valence-electron chi connectivity index (χ1n) is 4.22. The van der Waals surface area contributed by atoms with Crippen molar-refractivity contribution in [1.29, 1.82) is 0 Å². The number of hydrogen-bond donors (Lipinski definition) is 2. The number of hydrogen-bond acceptors (Lipinski definition) is 3. The second-order valence-electron chi connectivity index (χ2n) is 2.97. The molecule has 0 radical (unpaired) electrons. The summed E-state index contributed by atoms with van der Waals surface area (Å²) in [7, 11) is 0. The molecule has 72 valence electrons. The highest BCUT2D eigenvalue weighted by Gasteiger charge is 2.04. The van der Waals surface area contributed by atoms with E-state index in [1.807, 2.05) is 6.92 Å². The van der Waals surface area contributed by atoms with Crippen molar-refractivity contribution in [2.75, 3.05) is 13.2 Å². The molecule has 0 aliphatic heterocycles. The zero-order valence-electron chi connectivity index (χ0n) is 7.45. The molecule has 0 aromatic heterocycles. The van der Waals surface area contributed by atoms with Gasteiger partial charge in [-0.15, -0.1) is 0 Å². The molecule has 1 atom stereocenters. The van der Waals surface area contributed by atoms with Crippen LogP contribution in [0.25, 0.3) is 0 Å². The van der Waals surface area contributed by atoms with Crippen LogP contribution in [0, 0.1) is 5.92 Å². The Bertz CT molecular complexity index is 127. The molecule has 0 aliphatic carbocycles. The molecule has 0 heterocycles. The summed E-state index contributed by atoms with van der Waals surface area (Å²) in [4.78, 5) is 9.99. The van der Waals surface area contributed by atoms with Gasteiger partial charge < -0.3 is 15.6 Å². The molecule has 0 aliphatic rings. The molecular formula is C8H17NO3. The van der Waals surface area contributed by atoms with Crippen molar-refractivity contribution in [2.45, 2.75) is 26.2 Å². The largest absolute Gasteiger partial charge is 0.505 e. The normalized spacial score (nSPS) is 12.5. The van der Waals surface area contributed by atoms with Crippen molar-refractivity contribution in [2.24, 2.45) is 11.7 Å². The lowest BCUT2D eigenvalue weighted by atomic mass is 10.1. The molecule has 4 heteroatoms. The van der Waals surface area contributed by atoms with Gasteiger partial charge in [0.25, 0.3) is 0 Å². The molecule has 1 unspecified atom stereocenters. The predicted molar refractivity (Wildman–Crippen MR) is 46.0 cm³/mol. The highest BCUT2D eigenvalue weighted by Crippen LogP contribution is 2.07. The average Bonchev–Trinajstić information content (AvgIpc) is 2.01. The van der Waals surface area contributed by atoms with Crippen LogP contribution < -0.4 is 5.73 Å². The van der Waals surface area contributed by atoms with Crippen LogP contribution in [-0.4, -0.2) is 24.4 Å². The summed E-state index contributed by atoms with van der Waals surface area (Å²) >= 11 is 0. The molecule has 0 saturated heterocycles. The van der Waals surface area contributed by atoms with Gasteiger partial charge in [-0.3, -0.25) is 0 Å². The summed E-state index contributed by atoms with van der Waals surface area (Å²) in [5.74, 6) is 0.299. The summed E-state index contributed by atoms with van der Waals surface area (Å²) in [5, 5.41) is 8.19. The molecule has 0 rings (SSSR count). The minimum atomic E-state index is -1.19. The maximum absolute atomic E-state index is 9.99. The Balaban J connectivity index is 3.21. The Kier molecular flexibility index (Phi) is 6.47. The van der Waals surface area contributed by atoms with Gasteiger partial charge in [-0.1, -0.05) is 13.3 Å². The van der Waals surface area contributed by atoms with Gasteiger partial charge in [0, 0.05) is 0 Å². The van der Waals surface area contributed by atoms with Crippen LogP contribution in [0.15, 0.2) is 0 Å². The highest BCUT2D eigenvalue weighted by molar-refractivity contribution is 5.56. The third-order valence-corrected chi connectivity index (χ3v) is 1.64. The van der Waals surface area contributed by atoms with Crippen molar-refractivity contribution in [3.63, 3.8) is 0 Å². The Hall–Kier alpha value is -0.770. The van der Waals surface area contributed by atoms with Gasteiger partial charge in [-0.25, -0.2) is 4.79 Å². The van der Waals surface area contributed by atoms with Crippen LogP contribution in [0.2, 0.25) is 0 Å². The Morgan fingerprint density at radius 1 is 1.58 bits per heavy atom. The molecule has 0 aromatic rings. The Labute approximate surface area is 72.7 Å². The van der Waals surface area contributed by atoms with E-state index in [0.29, 0.717) is 19.1 Å². The summed E-state index contributed by atoms with van der Waals surface area (Å²) in [6, 6.07) is 0. The highest BCUT2D eigenvalue weighted by atomic mass is 16.7. The topological polar surface area (TPSA) is 72.5 Å². The Morgan fingerprint density at radius 3 is 2.75 bits per heavy atom. The lowest BCUT2D eigenvalue weighted by Crippen LogP contribution is -2.10. The number of ether oxygens (including phenoxy) is 1. The molecule has 0 spiro atoms. The fourth-order valence-electron chi connectivity index (χ4n) is 0.934. The summed E-state index contributed by atoms with van der Waals surface area (Å²) in [5.41, 5.74) is 5.31. The number of nitrogens with two attached hydrogens (primary N) is 1. The quantitative estimate of drug-likeness (QED) is 0.473. The summed E-state index contributed by atoms with van der Waals surface area (Å²) in [6.07, 6.45) is 1.82. The number of unbranched alkanes of at least 4 members (excludes halogenated alkanes) is 1. The van der Waals surface area contributed by atoms with E-state index in [-0.39, 0.29) is 0 Å². The molecule has 12 heavy (non-hydrogen) atoms. The maximum atomic E-state index is 9.99. The van der Waals surface area contributed by atoms with E-state index in [9.17, 15) is 4.79 Å². The third kappa shape index (κ3) is 7.34. The number of carbonyl (C=O) groups is 1. The Morgan fingerprint density at radius 2 is 2.25 bits per heavy atom. The standard InChI is InChI=1S/C8H17NO3/c1-7(4-2-3-5-9)6-12-8(10)11/h7H,2-6,9H2,1H3,(H,10,11). The van der Waals surface area contributed by atoms with E-state index in [1.165, 1.54) is 0 Å². The summed E-state index contributed by atoms with van der Waals surface area (Å²) in [6.45, 7) is 2.96. The predicted octanol–water partition coefficient (Wildman–Crippen LogP) is 1.45. The number of carboxylic acid groups (broad SMARTS) is 1. The monoisotopic (exact) mass is 175 g/mol. The van der Waals surface area contributed by atoms with Crippen molar-refractivity contribution < 1.29 is 14.6 Å². The van der Waals surface area contributed by atoms with Crippen LogP contribution in [-0.2, 0) is 4.74 Å². The van der Waals surface area contributed by atoms with E-state index in [2.05, 4.69) is 4.74 Å².